The summed E-state index contributed by atoms with van der Waals surface area (Å²) in [6.45, 7) is 3.66. The van der Waals surface area contributed by atoms with Crippen molar-refractivity contribution in [3.63, 3.8) is 0 Å². The van der Waals surface area contributed by atoms with Gasteiger partial charge in [-0.2, -0.15) is 0 Å². The number of carbonyl (C=O) groups is 1. The maximum Gasteiger partial charge on any atom is 0.256 e. The Balaban J connectivity index is 1.65. The predicted octanol–water partition coefficient (Wildman–Crippen LogP) is 3.59. The third kappa shape index (κ3) is 4.30. The van der Waals surface area contributed by atoms with Gasteiger partial charge in [-0.25, -0.2) is 4.39 Å². The van der Waals surface area contributed by atoms with Gasteiger partial charge >= 0.3 is 0 Å². The van der Waals surface area contributed by atoms with E-state index in [0.29, 0.717) is 6.54 Å². The molecule has 1 aliphatic rings. The summed E-state index contributed by atoms with van der Waals surface area (Å²) >= 11 is 5.73. The van der Waals surface area contributed by atoms with E-state index in [1.165, 1.54) is 17.0 Å². The maximum atomic E-state index is 13.9. The summed E-state index contributed by atoms with van der Waals surface area (Å²) in [6, 6.07) is 12.2. The van der Waals surface area contributed by atoms with Crippen LogP contribution in [0.1, 0.15) is 15.9 Å². The smallest absolute Gasteiger partial charge is 0.256 e. The quantitative estimate of drug-likeness (QED) is 0.833. The highest BCUT2D eigenvalue weighted by atomic mass is 35.5. The highest BCUT2D eigenvalue weighted by Crippen LogP contribution is 2.19. The number of halogens is 2. The van der Waals surface area contributed by atoms with Gasteiger partial charge in [-0.15, -0.1) is 0 Å². The van der Waals surface area contributed by atoms with Gasteiger partial charge in [-0.05, 0) is 35.9 Å². The minimum absolute atomic E-state index is 0.0248. The molecule has 25 heavy (non-hydrogen) atoms. The van der Waals surface area contributed by atoms with Gasteiger partial charge in [0.2, 0.25) is 0 Å². The number of nitrogens with zero attached hydrogens (tertiary/aromatic N) is 2. The van der Waals surface area contributed by atoms with Gasteiger partial charge in [0.1, 0.15) is 5.82 Å². The molecule has 1 saturated heterocycles. The number of anilines is 1. The molecular weight excluding hydrogens is 343 g/mol. The number of amides is 1. The third-order valence-electron chi connectivity index (χ3n) is 4.24. The Labute approximate surface area is 151 Å². The maximum absolute atomic E-state index is 13.9. The molecule has 0 bridgehead atoms. The van der Waals surface area contributed by atoms with E-state index in [1.807, 2.05) is 24.3 Å². The number of morpholine rings is 1. The second kappa shape index (κ2) is 7.85. The van der Waals surface area contributed by atoms with Crippen LogP contribution < -0.4 is 4.90 Å². The molecule has 4 nitrogen and oxygen atoms in total. The summed E-state index contributed by atoms with van der Waals surface area (Å²) < 4.78 is 19.3. The van der Waals surface area contributed by atoms with Crippen molar-refractivity contribution in [3.05, 3.63) is 64.4 Å². The zero-order valence-electron chi connectivity index (χ0n) is 14.0. The van der Waals surface area contributed by atoms with Crippen molar-refractivity contribution in [2.24, 2.45) is 0 Å². The number of rotatable bonds is 4. The molecular formula is C19H20ClFN2O2. The van der Waals surface area contributed by atoms with Crippen LogP contribution in [0, 0.1) is 5.82 Å². The number of carbonyl (C=O) groups excluding carboxylic acids is 1. The predicted molar refractivity (Wildman–Crippen MR) is 96.7 cm³/mol. The van der Waals surface area contributed by atoms with E-state index in [4.69, 9.17) is 16.3 Å². The lowest BCUT2D eigenvalue weighted by Gasteiger charge is -2.29. The van der Waals surface area contributed by atoms with E-state index < -0.39 is 5.82 Å². The fraction of sp³-hybridized carbons (Fsp3) is 0.316. The molecule has 0 radical (unpaired) electrons. The summed E-state index contributed by atoms with van der Waals surface area (Å²) in [5, 5.41) is 0.274. The molecule has 0 aromatic heterocycles. The molecule has 0 unspecified atom stereocenters. The van der Waals surface area contributed by atoms with Gasteiger partial charge in [0.15, 0.2) is 0 Å². The number of hydrogen-bond acceptors (Lipinski definition) is 3. The van der Waals surface area contributed by atoms with Crippen molar-refractivity contribution >= 4 is 23.2 Å². The fourth-order valence-electron chi connectivity index (χ4n) is 2.85. The second-order valence-electron chi connectivity index (χ2n) is 6.05. The summed E-state index contributed by atoms with van der Waals surface area (Å²) in [5.41, 5.74) is 2.16. The Kier molecular flexibility index (Phi) is 5.56. The van der Waals surface area contributed by atoms with Crippen molar-refractivity contribution in [3.8, 4) is 0 Å². The Morgan fingerprint density at radius 2 is 1.88 bits per heavy atom. The molecule has 0 N–H and O–H groups in total. The van der Waals surface area contributed by atoms with Gasteiger partial charge in [-0.1, -0.05) is 23.7 Å². The average Bonchev–Trinajstić information content (AvgIpc) is 2.62. The molecule has 6 heteroatoms. The Bertz CT molecular complexity index is 746. The van der Waals surface area contributed by atoms with E-state index in [0.717, 1.165) is 43.6 Å². The van der Waals surface area contributed by atoms with Gasteiger partial charge in [0.25, 0.3) is 5.91 Å². The first kappa shape index (κ1) is 17.7. The number of benzene rings is 2. The monoisotopic (exact) mass is 362 g/mol. The lowest BCUT2D eigenvalue weighted by Crippen LogP contribution is -2.36. The second-order valence-corrected chi connectivity index (χ2v) is 6.49. The largest absolute Gasteiger partial charge is 0.378 e. The van der Waals surface area contributed by atoms with Crippen LogP contribution >= 0.6 is 11.6 Å². The number of hydrogen-bond donors (Lipinski definition) is 0. The first-order chi connectivity index (χ1) is 12.0. The van der Waals surface area contributed by atoms with Crippen molar-refractivity contribution in [2.45, 2.75) is 6.54 Å². The van der Waals surface area contributed by atoms with Crippen LogP contribution in [0.2, 0.25) is 5.02 Å². The van der Waals surface area contributed by atoms with Crippen LogP contribution in [0.5, 0.6) is 0 Å². The van der Waals surface area contributed by atoms with Crippen LogP contribution in [0.4, 0.5) is 10.1 Å². The van der Waals surface area contributed by atoms with Crippen molar-refractivity contribution in [2.75, 3.05) is 38.3 Å². The topological polar surface area (TPSA) is 32.8 Å². The molecule has 0 atom stereocenters. The third-order valence-corrected chi connectivity index (χ3v) is 4.48. The lowest BCUT2D eigenvalue weighted by molar-refractivity contribution is 0.0780. The summed E-state index contributed by atoms with van der Waals surface area (Å²) in [5.74, 6) is -0.974. The molecule has 1 amide bonds. The molecule has 132 valence electrons. The van der Waals surface area contributed by atoms with E-state index in [-0.39, 0.29) is 16.5 Å². The molecule has 0 saturated carbocycles. The molecule has 2 aromatic carbocycles. The van der Waals surface area contributed by atoms with Crippen molar-refractivity contribution in [1.29, 1.82) is 0 Å². The van der Waals surface area contributed by atoms with E-state index in [9.17, 15) is 9.18 Å². The summed E-state index contributed by atoms with van der Waals surface area (Å²) in [4.78, 5) is 16.2. The summed E-state index contributed by atoms with van der Waals surface area (Å²) in [6.07, 6.45) is 0. The van der Waals surface area contributed by atoms with Crippen LogP contribution in [0.15, 0.2) is 42.5 Å². The Hall–Kier alpha value is -2.11. The normalized spacial score (nSPS) is 14.4. The Morgan fingerprint density at radius 1 is 1.20 bits per heavy atom. The molecule has 1 heterocycles. The first-order valence-corrected chi connectivity index (χ1v) is 8.54. The average molecular weight is 363 g/mol. The molecule has 0 spiro atoms. The molecule has 1 fully saturated rings. The summed E-state index contributed by atoms with van der Waals surface area (Å²) in [7, 11) is 1.66. The zero-order valence-corrected chi connectivity index (χ0v) is 14.8. The van der Waals surface area contributed by atoms with Gasteiger partial charge in [0, 0.05) is 37.4 Å². The van der Waals surface area contributed by atoms with E-state index in [2.05, 4.69) is 4.90 Å². The molecule has 3 rings (SSSR count). The fourth-order valence-corrected chi connectivity index (χ4v) is 3.01. The Morgan fingerprint density at radius 3 is 2.52 bits per heavy atom. The van der Waals surface area contributed by atoms with Gasteiger partial charge in [0.05, 0.1) is 18.8 Å². The van der Waals surface area contributed by atoms with Crippen molar-refractivity contribution < 1.29 is 13.9 Å². The zero-order chi connectivity index (χ0) is 17.8. The van der Waals surface area contributed by atoms with Crippen LogP contribution in [0.3, 0.4) is 0 Å². The van der Waals surface area contributed by atoms with E-state index >= 15 is 0 Å². The lowest BCUT2D eigenvalue weighted by atomic mass is 10.1. The number of ether oxygens (including phenoxy) is 1. The highest BCUT2D eigenvalue weighted by Gasteiger charge is 2.17. The first-order valence-electron chi connectivity index (χ1n) is 8.17. The van der Waals surface area contributed by atoms with Crippen LogP contribution in [-0.2, 0) is 11.3 Å². The molecule has 1 aliphatic heterocycles. The van der Waals surface area contributed by atoms with Crippen LogP contribution in [-0.4, -0.2) is 44.2 Å². The molecule has 2 aromatic rings. The SMILES string of the molecule is CN(Cc1ccc(N2CCOCC2)cc1)C(=O)c1ccc(Cl)cc1F. The standard InChI is InChI=1S/C19H20ClFN2O2/c1-22(19(24)17-7-4-15(20)12-18(17)21)13-14-2-5-16(6-3-14)23-8-10-25-11-9-23/h2-7,12H,8-11,13H2,1H3. The van der Waals surface area contributed by atoms with Crippen LogP contribution in [0.25, 0.3) is 0 Å². The molecule has 0 aliphatic carbocycles. The van der Waals surface area contributed by atoms with Gasteiger partial charge < -0.3 is 14.5 Å². The minimum Gasteiger partial charge on any atom is -0.378 e. The van der Waals surface area contributed by atoms with E-state index in [1.54, 1.807) is 7.05 Å². The highest BCUT2D eigenvalue weighted by molar-refractivity contribution is 6.30. The van der Waals surface area contributed by atoms with Crippen molar-refractivity contribution in [1.82, 2.24) is 4.90 Å². The minimum atomic E-state index is -0.605. The van der Waals surface area contributed by atoms with Gasteiger partial charge in [-0.3, -0.25) is 4.79 Å².